The third-order valence-electron chi connectivity index (χ3n) is 5.09. The number of aryl methyl sites for hydroxylation is 1. The predicted octanol–water partition coefficient (Wildman–Crippen LogP) is 2.44. The Kier molecular flexibility index (Phi) is 6.36. The van der Waals surface area contributed by atoms with E-state index in [-0.39, 0.29) is 24.6 Å². The summed E-state index contributed by atoms with van der Waals surface area (Å²) in [6.45, 7) is 4.63. The Balaban J connectivity index is 2.13. The molecular weight excluding hydrogens is 302 g/mol. The van der Waals surface area contributed by atoms with Crippen LogP contribution in [-0.4, -0.2) is 36.2 Å². The van der Waals surface area contributed by atoms with E-state index in [9.17, 15) is 9.90 Å². The molecule has 0 spiro atoms. The molecular formula is C19H27N3O2. The van der Waals surface area contributed by atoms with E-state index in [1.807, 2.05) is 32.0 Å². The maximum Gasteiger partial charge on any atom is 0.240 e. The maximum absolute atomic E-state index is 12.8. The van der Waals surface area contributed by atoms with E-state index < -0.39 is 0 Å². The smallest absolute Gasteiger partial charge is 0.240 e. The minimum absolute atomic E-state index is 0.0568. The normalized spacial score (nSPS) is 15.9. The number of nitrogens with one attached hydrogen (secondary N) is 1. The van der Waals surface area contributed by atoms with Gasteiger partial charge in [0.2, 0.25) is 5.91 Å². The first-order chi connectivity index (χ1) is 11.5. The predicted molar refractivity (Wildman–Crippen MR) is 94.8 cm³/mol. The van der Waals surface area contributed by atoms with Gasteiger partial charge in [0.05, 0.1) is 25.6 Å². The minimum Gasteiger partial charge on any atom is -0.394 e. The fourth-order valence-electron chi connectivity index (χ4n) is 3.37. The molecule has 1 aromatic rings. The molecule has 1 aliphatic carbocycles. The minimum atomic E-state index is -0.321. The van der Waals surface area contributed by atoms with Gasteiger partial charge in [0.15, 0.2) is 0 Å². The molecule has 2 rings (SSSR count). The van der Waals surface area contributed by atoms with Gasteiger partial charge in [-0.3, -0.25) is 4.79 Å². The summed E-state index contributed by atoms with van der Waals surface area (Å²) in [7, 11) is 0. The fourth-order valence-corrected chi connectivity index (χ4v) is 3.37. The molecule has 0 bridgehead atoms. The molecule has 130 valence electrons. The summed E-state index contributed by atoms with van der Waals surface area (Å²) < 4.78 is 0. The Morgan fingerprint density at radius 1 is 1.38 bits per heavy atom. The lowest BCUT2D eigenvalue weighted by Crippen LogP contribution is -2.51. The second kappa shape index (κ2) is 8.27. The quantitative estimate of drug-likeness (QED) is 0.805. The van der Waals surface area contributed by atoms with E-state index in [0.29, 0.717) is 13.0 Å². The van der Waals surface area contributed by atoms with Gasteiger partial charge in [0.25, 0.3) is 0 Å². The summed E-state index contributed by atoms with van der Waals surface area (Å²) in [5.41, 5.74) is 2.72. The average Bonchev–Trinajstić information content (AvgIpc) is 3.06. The number of nitriles is 1. The van der Waals surface area contributed by atoms with E-state index in [4.69, 9.17) is 5.26 Å². The van der Waals surface area contributed by atoms with Crippen LogP contribution in [0, 0.1) is 25.2 Å². The third-order valence-corrected chi connectivity index (χ3v) is 5.09. The van der Waals surface area contributed by atoms with Crippen molar-refractivity contribution in [2.75, 3.05) is 24.6 Å². The summed E-state index contributed by atoms with van der Waals surface area (Å²) in [6.07, 6.45) is 4.26. The molecule has 0 aliphatic heterocycles. The van der Waals surface area contributed by atoms with Crippen LogP contribution in [0.1, 0.15) is 43.2 Å². The Morgan fingerprint density at radius 3 is 2.71 bits per heavy atom. The lowest BCUT2D eigenvalue weighted by atomic mass is 9.99. The summed E-state index contributed by atoms with van der Waals surface area (Å²) in [4.78, 5) is 14.5. The van der Waals surface area contributed by atoms with Crippen LogP contribution in [0.5, 0.6) is 0 Å². The molecule has 1 amide bonds. The van der Waals surface area contributed by atoms with Crippen LogP contribution in [0.4, 0.5) is 5.69 Å². The van der Waals surface area contributed by atoms with Crippen molar-refractivity contribution >= 4 is 11.6 Å². The van der Waals surface area contributed by atoms with Gasteiger partial charge in [-0.1, -0.05) is 25.0 Å². The number of benzene rings is 1. The van der Waals surface area contributed by atoms with Crippen molar-refractivity contribution in [3.05, 3.63) is 29.3 Å². The van der Waals surface area contributed by atoms with Gasteiger partial charge in [0.1, 0.15) is 0 Å². The Morgan fingerprint density at radius 2 is 2.08 bits per heavy atom. The van der Waals surface area contributed by atoms with Gasteiger partial charge in [0, 0.05) is 17.8 Å². The van der Waals surface area contributed by atoms with Gasteiger partial charge in [-0.05, 0) is 43.9 Å². The van der Waals surface area contributed by atoms with Gasteiger partial charge < -0.3 is 15.3 Å². The van der Waals surface area contributed by atoms with Crippen LogP contribution in [0.15, 0.2) is 18.2 Å². The number of aliphatic hydroxyl groups excluding tert-OH is 1. The molecule has 0 atom stereocenters. The van der Waals surface area contributed by atoms with Crippen LogP contribution in [-0.2, 0) is 4.79 Å². The van der Waals surface area contributed by atoms with Gasteiger partial charge in [-0.25, -0.2) is 0 Å². The van der Waals surface area contributed by atoms with E-state index in [0.717, 1.165) is 42.5 Å². The monoisotopic (exact) mass is 329 g/mol. The number of amides is 1. The number of anilines is 1. The lowest BCUT2D eigenvalue weighted by molar-refractivity contribution is -0.118. The molecule has 5 nitrogen and oxygen atoms in total. The first-order valence-corrected chi connectivity index (χ1v) is 8.62. The summed E-state index contributed by atoms with van der Waals surface area (Å²) >= 11 is 0. The van der Waals surface area contributed by atoms with Gasteiger partial charge in [-0.15, -0.1) is 0 Å². The van der Waals surface area contributed by atoms with Crippen molar-refractivity contribution in [3.8, 4) is 6.07 Å². The zero-order valence-electron chi connectivity index (χ0n) is 14.6. The highest BCUT2D eigenvalue weighted by atomic mass is 16.3. The number of hydrogen-bond donors (Lipinski definition) is 2. The highest BCUT2D eigenvalue weighted by Crippen LogP contribution is 2.29. The first kappa shape index (κ1) is 18.4. The summed E-state index contributed by atoms with van der Waals surface area (Å²) in [5, 5.41) is 21.9. The molecule has 1 fully saturated rings. The Labute approximate surface area is 144 Å². The topological polar surface area (TPSA) is 76.4 Å². The van der Waals surface area contributed by atoms with E-state index in [1.165, 1.54) is 0 Å². The largest absolute Gasteiger partial charge is 0.394 e. The number of carbonyl (C=O) groups excluding carboxylic acids is 1. The van der Waals surface area contributed by atoms with Crippen LogP contribution in [0.3, 0.4) is 0 Å². The number of hydrogen-bond acceptors (Lipinski definition) is 4. The molecule has 0 saturated heterocycles. The molecule has 0 radical (unpaired) electrons. The van der Waals surface area contributed by atoms with Crippen molar-refractivity contribution in [1.82, 2.24) is 5.32 Å². The highest BCUT2D eigenvalue weighted by molar-refractivity contribution is 5.95. The standard InChI is InChI=1S/C19H27N3O2/c1-15-7-5-8-17(16(15)2)22(12-6-11-20)18(24)13-21-19(14-23)9-3-4-10-19/h5,7-8,21,23H,3-4,6,9-10,12-14H2,1-2H3. The SMILES string of the molecule is Cc1cccc(N(CCC#N)C(=O)CNC2(CO)CCCC2)c1C. The Hall–Kier alpha value is -1.90. The van der Waals surface area contributed by atoms with Gasteiger partial charge in [-0.2, -0.15) is 5.26 Å². The lowest BCUT2D eigenvalue weighted by Gasteiger charge is -2.30. The molecule has 2 N–H and O–H groups in total. The zero-order chi connectivity index (χ0) is 17.6. The molecule has 0 heterocycles. The van der Waals surface area contributed by atoms with Gasteiger partial charge >= 0.3 is 0 Å². The zero-order valence-corrected chi connectivity index (χ0v) is 14.6. The Bertz CT molecular complexity index is 616. The van der Waals surface area contributed by atoms with Crippen molar-refractivity contribution in [2.45, 2.75) is 51.5 Å². The van der Waals surface area contributed by atoms with E-state index in [2.05, 4.69) is 11.4 Å². The van der Waals surface area contributed by atoms with Crippen molar-refractivity contribution in [3.63, 3.8) is 0 Å². The van der Waals surface area contributed by atoms with E-state index >= 15 is 0 Å². The molecule has 1 saturated carbocycles. The molecule has 1 aromatic carbocycles. The highest BCUT2D eigenvalue weighted by Gasteiger charge is 2.33. The number of aliphatic hydroxyl groups is 1. The molecule has 0 aromatic heterocycles. The molecule has 5 heteroatoms. The second-order valence-electron chi connectivity index (χ2n) is 6.67. The van der Waals surface area contributed by atoms with Crippen LogP contribution in [0.25, 0.3) is 0 Å². The van der Waals surface area contributed by atoms with E-state index in [1.54, 1.807) is 4.90 Å². The number of nitrogens with zero attached hydrogens (tertiary/aromatic N) is 2. The summed E-state index contributed by atoms with van der Waals surface area (Å²) in [6, 6.07) is 8.00. The summed E-state index contributed by atoms with van der Waals surface area (Å²) in [5.74, 6) is -0.0568. The van der Waals surface area contributed by atoms with Crippen LogP contribution in [0.2, 0.25) is 0 Å². The second-order valence-corrected chi connectivity index (χ2v) is 6.67. The maximum atomic E-state index is 12.8. The number of rotatable bonds is 7. The third kappa shape index (κ3) is 4.14. The number of carbonyl (C=O) groups is 1. The van der Waals surface area contributed by atoms with Crippen molar-refractivity contribution in [1.29, 1.82) is 5.26 Å². The van der Waals surface area contributed by atoms with Crippen molar-refractivity contribution in [2.24, 2.45) is 0 Å². The van der Waals surface area contributed by atoms with Crippen LogP contribution >= 0.6 is 0 Å². The molecule has 1 aliphatic rings. The fraction of sp³-hybridized carbons (Fsp3) is 0.579. The molecule has 0 unspecified atom stereocenters. The van der Waals surface area contributed by atoms with Crippen LogP contribution < -0.4 is 10.2 Å². The average molecular weight is 329 g/mol. The first-order valence-electron chi connectivity index (χ1n) is 8.62. The molecule has 24 heavy (non-hydrogen) atoms. The van der Waals surface area contributed by atoms with Crippen molar-refractivity contribution < 1.29 is 9.90 Å².